The first kappa shape index (κ1) is 29.0. The Morgan fingerprint density at radius 1 is 0.314 bits per heavy atom. The number of furan rings is 1. The summed E-state index contributed by atoms with van der Waals surface area (Å²) in [5, 5.41) is 6.62. The molecule has 0 spiro atoms. The van der Waals surface area contributed by atoms with Crippen LogP contribution < -0.4 is 0 Å². The van der Waals surface area contributed by atoms with Crippen LogP contribution in [0, 0.1) is 0 Å². The third-order valence-electron chi connectivity index (χ3n) is 9.76. The van der Waals surface area contributed by atoms with Gasteiger partial charge in [0.25, 0.3) is 0 Å². The maximum absolute atomic E-state index is 6.72. The van der Waals surface area contributed by atoms with Crippen molar-refractivity contribution >= 4 is 43.5 Å². The molecule has 0 atom stereocenters. The van der Waals surface area contributed by atoms with Gasteiger partial charge in [-0.2, -0.15) is 0 Å². The van der Waals surface area contributed by atoms with Gasteiger partial charge in [-0.1, -0.05) is 164 Å². The van der Waals surface area contributed by atoms with E-state index in [1.165, 1.54) is 21.9 Å². The van der Waals surface area contributed by atoms with Crippen molar-refractivity contribution in [2.24, 2.45) is 0 Å². The Bertz CT molecular complexity index is 2910. The summed E-state index contributed by atoms with van der Waals surface area (Å²) in [6, 6.07) is 60.9. The van der Waals surface area contributed by atoms with Gasteiger partial charge in [0, 0.05) is 33.0 Å². The molecule has 0 radical (unpaired) electrons. The standard InChI is InChI=1S/C47H29N3O/c1-3-14-30(15-4-1)34-28-29-39(37-22-10-9-21-35(34)37)46-48-45(32-17-5-2-6-18-32)49-47(50-46)41-26-13-27-42-43(41)40-25-12-24-38(44(40)51-42)36-23-11-19-31-16-7-8-20-33(31)36/h1-29H. The summed E-state index contributed by atoms with van der Waals surface area (Å²) in [5.41, 5.74) is 8.94. The molecule has 4 heteroatoms. The number of nitrogens with zero attached hydrogens (tertiary/aromatic N) is 3. The molecule has 238 valence electrons. The quantitative estimate of drug-likeness (QED) is 0.186. The Labute approximate surface area is 294 Å². The highest BCUT2D eigenvalue weighted by atomic mass is 16.3. The molecular formula is C47H29N3O. The molecule has 0 aliphatic rings. The monoisotopic (exact) mass is 651 g/mol. The fourth-order valence-corrected chi connectivity index (χ4v) is 7.40. The number of benzene rings is 8. The van der Waals surface area contributed by atoms with Crippen LogP contribution in [-0.4, -0.2) is 15.0 Å². The second kappa shape index (κ2) is 11.9. The van der Waals surface area contributed by atoms with Crippen molar-refractivity contribution < 1.29 is 4.42 Å². The summed E-state index contributed by atoms with van der Waals surface area (Å²) < 4.78 is 6.72. The summed E-state index contributed by atoms with van der Waals surface area (Å²) in [4.78, 5) is 15.5. The highest BCUT2D eigenvalue weighted by Crippen LogP contribution is 2.42. The van der Waals surface area contributed by atoms with E-state index in [9.17, 15) is 0 Å². The van der Waals surface area contributed by atoms with Gasteiger partial charge in [0.2, 0.25) is 0 Å². The average molecular weight is 652 g/mol. The Morgan fingerprint density at radius 3 is 1.65 bits per heavy atom. The van der Waals surface area contributed by atoms with Crippen LogP contribution >= 0.6 is 0 Å². The first-order chi connectivity index (χ1) is 25.3. The van der Waals surface area contributed by atoms with Crippen LogP contribution in [-0.2, 0) is 0 Å². The maximum Gasteiger partial charge on any atom is 0.164 e. The Balaban J connectivity index is 1.21. The van der Waals surface area contributed by atoms with E-state index < -0.39 is 0 Å². The van der Waals surface area contributed by atoms with E-state index in [1.807, 2.05) is 48.5 Å². The van der Waals surface area contributed by atoms with Crippen LogP contribution in [0.25, 0.3) is 99.9 Å². The molecule has 0 bridgehead atoms. The minimum Gasteiger partial charge on any atom is -0.455 e. The van der Waals surface area contributed by atoms with Gasteiger partial charge < -0.3 is 4.42 Å². The number of aromatic nitrogens is 3. The zero-order valence-corrected chi connectivity index (χ0v) is 27.5. The molecule has 0 amide bonds. The van der Waals surface area contributed by atoms with Crippen molar-refractivity contribution in [1.82, 2.24) is 15.0 Å². The van der Waals surface area contributed by atoms with Crippen molar-refractivity contribution in [3.8, 4) is 56.4 Å². The summed E-state index contributed by atoms with van der Waals surface area (Å²) >= 11 is 0. The van der Waals surface area contributed by atoms with Crippen LogP contribution in [0.2, 0.25) is 0 Å². The van der Waals surface area contributed by atoms with Gasteiger partial charge in [0.1, 0.15) is 11.2 Å². The second-order valence-corrected chi connectivity index (χ2v) is 12.7. The van der Waals surface area contributed by atoms with Gasteiger partial charge in [-0.3, -0.25) is 0 Å². The van der Waals surface area contributed by atoms with Crippen LogP contribution in [0.4, 0.5) is 0 Å². The highest BCUT2D eigenvalue weighted by Gasteiger charge is 2.21. The molecule has 0 saturated carbocycles. The van der Waals surface area contributed by atoms with Crippen molar-refractivity contribution in [1.29, 1.82) is 0 Å². The molecule has 0 aliphatic carbocycles. The third kappa shape index (κ3) is 4.88. The van der Waals surface area contributed by atoms with E-state index in [1.54, 1.807) is 0 Å². The van der Waals surface area contributed by atoms with Gasteiger partial charge in [-0.05, 0) is 50.4 Å². The first-order valence-electron chi connectivity index (χ1n) is 17.1. The highest BCUT2D eigenvalue weighted by molar-refractivity contribution is 6.16. The van der Waals surface area contributed by atoms with Crippen molar-refractivity contribution in [3.63, 3.8) is 0 Å². The van der Waals surface area contributed by atoms with Gasteiger partial charge in [-0.15, -0.1) is 0 Å². The smallest absolute Gasteiger partial charge is 0.164 e. The van der Waals surface area contributed by atoms with Crippen molar-refractivity contribution in [3.05, 3.63) is 176 Å². The molecule has 10 aromatic rings. The van der Waals surface area contributed by atoms with E-state index in [0.717, 1.165) is 60.5 Å². The fourth-order valence-electron chi connectivity index (χ4n) is 7.40. The molecule has 4 nitrogen and oxygen atoms in total. The molecule has 0 saturated heterocycles. The molecule has 51 heavy (non-hydrogen) atoms. The van der Waals surface area contributed by atoms with Gasteiger partial charge in [0.05, 0.1) is 0 Å². The van der Waals surface area contributed by atoms with Gasteiger partial charge in [0.15, 0.2) is 17.5 Å². The first-order valence-corrected chi connectivity index (χ1v) is 17.1. The molecule has 2 aromatic heterocycles. The Kier molecular flexibility index (Phi) is 6.78. The summed E-state index contributed by atoms with van der Waals surface area (Å²) in [6.07, 6.45) is 0. The molecule has 0 aliphatic heterocycles. The number of para-hydroxylation sites is 1. The predicted molar refractivity (Wildman–Crippen MR) is 209 cm³/mol. The summed E-state index contributed by atoms with van der Waals surface area (Å²) in [7, 11) is 0. The summed E-state index contributed by atoms with van der Waals surface area (Å²) in [6.45, 7) is 0. The molecule has 0 unspecified atom stereocenters. The van der Waals surface area contributed by atoms with Gasteiger partial charge >= 0.3 is 0 Å². The minimum absolute atomic E-state index is 0.596. The lowest BCUT2D eigenvalue weighted by molar-refractivity contribution is 0.670. The van der Waals surface area contributed by atoms with E-state index in [-0.39, 0.29) is 0 Å². The number of hydrogen-bond acceptors (Lipinski definition) is 4. The molecule has 10 rings (SSSR count). The third-order valence-corrected chi connectivity index (χ3v) is 9.76. The topological polar surface area (TPSA) is 51.8 Å². The zero-order chi connectivity index (χ0) is 33.7. The molecule has 8 aromatic carbocycles. The Morgan fingerprint density at radius 2 is 0.843 bits per heavy atom. The van der Waals surface area contributed by atoms with E-state index >= 15 is 0 Å². The summed E-state index contributed by atoms with van der Waals surface area (Å²) in [5.74, 6) is 1.84. The van der Waals surface area contributed by atoms with Crippen LogP contribution in [0.1, 0.15) is 0 Å². The minimum atomic E-state index is 0.596. The van der Waals surface area contributed by atoms with E-state index in [0.29, 0.717) is 17.5 Å². The van der Waals surface area contributed by atoms with Crippen molar-refractivity contribution in [2.45, 2.75) is 0 Å². The lowest BCUT2D eigenvalue weighted by Gasteiger charge is -2.13. The second-order valence-electron chi connectivity index (χ2n) is 12.7. The lowest BCUT2D eigenvalue weighted by atomic mass is 9.94. The fraction of sp³-hybridized carbons (Fsp3) is 0. The zero-order valence-electron chi connectivity index (χ0n) is 27.5. The SMILES string of the molecule is c1ccc(-c2nc(-c3ccc(-c4ccccc4)c4ccccc34)nc(-c3cccc4oc5c(-c6cccc7ccccc67)cccc5c34)n2)cc1. The largest absolute Gasteiger partial charge is 0.455 e. The normalized spacial score (nSPS) is 11.5. The predicted octanol–water partition coefficient (Wildman–Crippen LogP) is 12.4. The number of rotatable bonds is 5. The van der Waals surface area contributed by atoms with E-state index in [2.05, 4.69) is 127 Å². The van der Waals surface area contributed by atoms with Gasteiger partial charge in [-0.25, -0.2) is 15.0 Å². The molecule has 0 N–H and O–H groups in total. The van der Waals surface area contributed by atoms with Crippen LogP contribution in [0.3, 0.4) is 0 Å². The molecule has 2 heterocycles. The molecular weight excluding hydrogens is 623 g/mol. The van der Waals surface area contributed by atoms with E-state index in [4.69, 9.17) is 19.4 Å². The number of fused-ring (bicyclic) bond motifs is 5. The molecule has 0 fully saturated rings. The lowest BCUT2D eigenvalue weighted by Crippen LogP contribution is -2.01. The van der Waals surface area contributed by atoms with Crippen LogP contribution in [0.15, 0.2) is 180 Å². The number of hydrogen-bond donors (Lipinski definition) is 0. The van der Waals surface area contributed by atoms with Crippen LogP contribution in [0.5, 0.6) is 0 Å². The maximum atomic E-state index is 6.72. The Hall–Kier alpha value is -6.91. The van der Waals surface area contributed by atoms with Crippen molar-refractivity contribution in [2.75, 3.05) is 0 Å². The average Bonchev–Trinajstić information content (AvgIpc) is 3.60.